The fourth-order valence-corrected chi connectivity index (χ4v) is 3.04. The van der Waals surface area contributed by atoms with Gasteiger partial charge in [-0.25, -0.2) is 9.37 Å². The normalized spacial score (nSPS) is 11.2. The molecule has 2 aromatic heterocycles. The van der Waals surface area contributed by atoms with Gasteiger partial charge in [0, 0.05) is 18.0 Å². The quantitative estimate of drug-likeness (QED) is 0.452. The summed E-state index contributed by atoms with van der Waals surface area (Å²) in [7, 11) is 0. The van der Waals surface area contributed by atoms with Crippen LogP contribution < -0.4 is 0 Å². The first-order valence-electron chi connectivity index (χ1n) is 8.46. The molecule has 4 rings (SSSR count). The number of nitrogens with zero attached hydrogens (tertiary/aromatic N) is 2. The van der Waals surface area contributed by atoms with Gasteiger partial charge in [-0.15, -0.1) is 0 Å². The van der Waals surface area contributed by atoms with Crippen molar-refractivity contribution in [1.29, 1.82) is 0 Å². The van der Waals surface area contributed by atoms with E-state index in [2.05, 4.69) is 9.97 Å². The zero-order chi connectivity index (χ0) is 18.6. The standard InChI is InChI=1S/C21H16ClFN2O2/c22-17-9-16-6-15(8-19(23)21(16)24-10-17)7-18-12-27-20(25-18)13-26-11-14-4-2-1-3-5-14/h1-6,8-10,12H,7,11,13H2. The van der Waals surface area contributed by atoms with Crippen LogP contribution in [0.3, 0.4) is 0 Å². The molecule has 0 aliphatic rings. The average Bonchev–Trinajstić information content (AvgIpc) is 3.09. The largest absolute Gasteiger partial charge is 0.446 e. The van der Waals surface area contributed by atoms with E-state index in [1.165, 1.54) is 12.3 Å². The summed E-state index contributed by atoms with van der Waals surface area (Å²) in [5.41, 5.74) is 2.87. The summed E-state index contributed by atoms with van der Waals surface area (Å²) >= 11 is 5.95. The second-order valence-corrected chi connectivity index (χ2v) is 6.63. The lowest BCUT2D eigenvalue weighted by Crippen LogP contribution is -1.96. The highest BCUT2D eigenvalue weighted by Crippen LogP contribution is 2.23. The number of hydrogen-bond acceptors (Lipinski definition) is 4. The molecule has 0 unspecified atom stereocenters. The highest BCUT2D eigenvalue weighted by atomic mass is 35.5. The Morgan fingerprint density at radius 1 is 1.04 bits per heavy atom. The van der Waals surface area contributed by atoms with E-state index in [1.54, 1.807) is 12.3 Å². The van der Waals surface area contributed by atoms with Gasteiger partial charge in [0.1, 0.15) is 24.2 Å². The number of ether oxygens (including phenoxy) is 1. The number of benzene rings is 2. The van der Waals surface area contributed by atoms with Crippen LogP contribution in [-0.2, 0) is 24.4 Å². The average molecular weight is 383 g/mol. The van der Waals surface area contributed by atoms with Gasteiger partial charge in [0.05, 0.1) is 17.3 Å². The summed E-state index contributed by atoms with van der Waals surface area (Å²) in [5, 5.41) is 1.13. The lowest BCUT2D eigenvalue weighted by Gasteiger charge is -2.04. The Morgan fingerprint density at radius 2 is 1.89 bits per heavy atom. The fourth-order valence-electron chi connectivity index (χ4n) is 2.88. The van der Waals surface area contributed by atoms with Crippen molar-refractivity contribution < 1.29 is 13.5 Å². The molecular formula is C21H16ClFN2O2. The number of rotatable bonds is 6. The molecule has 0 fully saturated rings. The van der Waals surface area contributed by atoms with Crippen LogP contribution in [0, 0.1) is 5.82 Å². The SMILES string of the molecule is Fc1cc(Cc2coc(COCc3ccccc3)n2)cc2cc(Cl)cnc12. The third-order valence-electron chi connectivity index (χ3n) is 4.08. The van der Waals surface area contributed by atoms with E-state index in [-0.39, 0.29) is 12.4 Å². The third-order valence-corrected chi connectivity index (χ3v) is 4.29. The van der Waals surface area contributed by atoms with Crippen LogP contribution in [0.1, 0.15) is 22.7 Å². The summed E-state index contributed by atoms with van der Waals surface area (Å²) in [6, 6.07) is 14.9. The van der Waals surface area contributed by atoms with Crippen LogP contribution >= 0.6 is 11.6 Å². The molecule has 0 radical (unpaired) electrons. The fraction of sp³-hybridized carbons (Fsp3) is 0.143. The van der Waals surface area contributed by atoms with E-state index in [0.29, 0.717) is 40.5 Å². The van der Waals surface area contributed by atoms with E-state index in [9.17, 15) is 4.39 Å². The lowest BCUT2D eigenvalue weighted by molar-refractivity contribution is 0.0895. The zero-order valence-corrected chi connectivity index (χ0v) is 15.1. The van der Waals surface area contributed by atoms with Crippen molar-refractivity contribution >= 4 is 22.5 Å². The summed E-state index contributed by atoms with van der Waals surface area (Å²) in [5.74, 6) is 0.112. The molecule has 6 heteroatoms. The minimum Gasteiger partial charge on any atom is -0.446 e. The Balaban J connectivity index is 1.42. The maximum absolute atomic E-state index is 14.2. The van der Waals surface area contributed by atoms with Crippen LogP contribution in [-0.4, -0.2) is 9.97 Å². The summed E-state index contributed by atoms with van der Waals surface area (Å²) in [6.07, 6.45) is 3.45. The molecule has 27 heavy (non-hydrogen) atoms. The molecule has 0 N–H and O–H groups in total. The van der Waals surface area contributed by atoms with E-state index < -0.39 is 0 Å². The van der Waals surface area contributed by atoms with Crippen molar-refractivity contribution in [3.63, 3.8) is 0 Å². The molecule has 136 valence electrons. The van der Waals surface area contributed by atoms with Gasteiger partial charge in [0.25, 0.3) is 0 Å². The minimum absolute atomic E-state index is 0.278. The maximum atomic E-state index is 14.2. The van der Waals surface area contributed by atoms with Gasteiger partial charge in [0.2, 0.25) is 5.89 Å². The van der Waals surface area contributed by atoms with Crippen molar-refractivity contribution in [2.24, 2.45) is 0 Å². The Hall–Kier alpha value is -2.76. The molecule has 0 atom stereocenters. The van der Waals surface area contributed by atoms with Gasteiger partial charge in [-0.1, -0.05) is 41.9 Å². The second-order valence-electron chi connectivity index (χ2n) is 6.19. The van der Waals surface area contributed by atoms with Crippen molar-refractivity contribution in [1.82, 2.24) is 9.97 Å². The Bertz CT molecular complexity index is 1070. The van der Waals surface area contributed by atoms with Gasteiger partial charge in [-0.2, -0.15) is 0 Å². The second kappa shape index (κ2) is 7.86. The highest BCUT2D eigenvalue weighted by Gasteiger charge is 2.10. The predicted octanol–water partition coefficient (Wildman–Crippen LogP) is 5.32. The smallest absolute Gasteiger partial charge is 0.220 e. The third kappa shape index (κ3) is 4.32. The highest BCUT2D eigenvalue weighted by molar-refractivity contribution is 6.31. The number of fused-ring (bicyclic) bond motifs is 1. The van der Waals surface area contributed by atoms with Crippen LogP contribution in [0.4, 0.5) is 4.39 Å². The Labute approximate surface area is 160 Å². The molecule has 2 aromatic carbocycles. The molecular weight excluding hydrogens is 367 g/mol. The van der Waals surface area contributed by atoms with Gasteiger partial charge in [-0.05, 0) is 29.3 Å². The van der Waals surface area contributed by atoms with Gasteiger partial charge < -0.3 is 9.15 Å². The molecule has 2 heterocycles. The first kappa shape index (κ1) is 17.6. The van der Waals surface area contributed by atoms with E-state index in [4.69, 9.17) is 20.8 Å². The molecule has 4 aromatic rings. The topological polar surface area (TPSA) is 48.2 Å². The predicted molar refractivity (Wildman–Crippen MR) is 101 cm³/mol. The monoisotopic (exact) mass is 382 g/mol. The number of halogens is 2. The van der Waals surface area contributed by atoms with Gasteiger partial charge in [0.15, 0.2) is 0 Å². The van der Waals surface area contributed by atoms with Crippen LogP contribution in [0.15, 0.2) is 65.4 Å². The van der Waals surface area contributed by atoms with Crippen molar-refractivity contribution in [2.75, 3.05) is 0 Å². The first-order valence-corrected chi connectivity index (χ1v) is 8.84. The lowest BCUT2D eigenvalue weighted by atomic mass is 10.1. The van der Waals surface area contributed by atoms with Crippen LogP contribution in [0.5, 0.6) is 0 Å². The van der Waals surface area contributed by atoms with E-state index in [0.717, 1.165) is 11.1 Å². The molecule has 0 amide bonds. The van der Waals surface area contributed by atoms with Crippen molar-refractivity contribution in [3.05, 3.63) is 94.5 Å². The molecule has 0 saturated heterocycles. The molecule has 4 nitrogen and oxygen atoms in total. The molecule has 0 saturated carbocycles. The van der Waals surface area contributed by atoms with Crippen LogP contribution in [0.25, 0.3) is 10.9 Å². The van der Waals surface area contributed by atoms with E-state index >= 15 is 0 Å². The minimum atomic E-state index is -0.380. The Morgan fingerprint density at radius 3 is 2.74 bits per heavy atom. The summed E-state index contributed by atoms with van der Waals surface area (Å²) in [4.78, 5) is 8.44. The number of hydrogen-bond donors (Lipinski definition) is 0. The molecule has 0 aliphatic heterocycles. The summed E-state index contributed by atoms with van der Waals surface area (Å²) < 4.78 is 25.3. The summed E-state index contributed by atoms with van der Waals surface area (Å²) in [6.45, 7) is 0.767. The van der Waals surface area contributed by atoms with Gasteiger partial charge in [-0.3, -0.25) is 4.98 Å². The molecule has 0 bridgehead atoms. The van der Waals surface area contributed by atoms with Gasteiger partial charge >= 0.3 is 0 Å². The van der Waals surface area contributed by atoms with Crippen LogP contribution in [0.2, 0.25) is 5.02 Å². The Kier molecular flexibility index (Phi) is 5.14. The number of oxazole rings is 1. The first-order chi connectivity index (χ1) is 13.2. The zero-order valence-electron chi connectivity index (χ0n) is 14.4. The number of pyridine rings is 1. The maximum Gasteiger partial charge on any atom is 0.220 e. The number of aromatic nitrogens is 2. The van der Waals surface area contributed by atoms with Crippen molar-refractivity contribution in [2.45, 2.75) is 19.6 Å². The molecule has 0 spiro atoms. The van der Waals surface area contributed by atoms with E-state index in [1.807, 2.05) is 36.4 Å². The van der Waals surface area contributed by atoms with Crippen molar-refractivity contribution in [3.8, 4) is 0 Å². The molecule has 0 aliphatic carbocycles.